The van der Waals surface area contributed by atoms with Gasteiger partial charge in [-0.3, -0.25) is 14.8 Å². The summed E-state index contributed by atoms with van der Waals surface area (Å²) in [5.41, 5.74) is 1.67. The second kappa shape index (κ2) is 7.63. The van der Waals surface area contributed by atoms with Crippen LogP contribution in [0.1, 0.15) is 17.4 Å². The number of fused-ring (bicyclic) bond motifs is 1. The molecule has 3 aromatic rings. The van der Waals surface area contributed by atoms with Crippen molar-refractivity contribution in [3.05, 3.63) is 52.9 Å². The van der Waals surface area contributed by atoms with Crippen LogP contribution in [0.15, 0.2) is 36.4 Å². The number of carbonyl (C=O) groups excluding carboxylic acids is 2. The van der Waals surface area contributed by atoms with Crippen LogP contribution in [0.3, 0.4) is 0 Å². The molecule has 2 N–H and O–H groups in total. The highest BCUT2D eigenvalue weighted by atomic mass is 35.5. The Bertz CT molecular complexity index is 1030. The molecule has 0 spiro atoms. The Morgan fingerprint density at radius 1 is 1.19 bits per heavy atom. The largest absolute Gasteiger partial charge is 0.450 e. The van der Waals surface area contributed by atoms with E-state index in [1.54, 1.807) is 32.2 Å². The number of benzene rings is 2. The summed E-state index contributed by atoms with van der Waals surface area (Å²) in [7, 11) is 1.63. The van der Waals surface area contributed by atoms with Crippen molar-refractivity contribution in [2.24, 2.45) is 7.05 Å². The normalized spacial score (nSPS) is 10.7. The number of nitrogens with zero attached hydrogens (tertiary/aromatic N) is 2. The van der Waals surface area contributed by atoms with Crippen molar-refractivity contribution in [2.45, 2.75) is 6.92 Å². The molecule has 1 heterocycles. The standard InChI is InChI=1S/C18H16ClFN4O3/c1-3-27-18(26)22-10-5-7-15-12(8-10)16(24(2)23-15)17(25)21-11-4-6-14(20)13(19)9-11/h4-9H,3H2,1-2H3,(H,21,25)(H,22,26). The van der Waals surface area contributed by atoms with Gasteiger partial charge in [0.25, 0.3) is 5.91 Å². The molecule has 2 amide bonds. The molecule has 27 heavy (non-hydrogen) atoms. The van der Waals surface area contributed by atoms with E-state index in [9.17, 15) is 14.0 Å². The van der Waals surface area contributed by atoms with Crippen molar-refractivity contribution >= 4 is 45.9 Å². The van der Waals surface area contributed by atoms with Gasteiger partial charge in [-0.1, -0.05) is 11.6 Å². The maximum atomic E-state index is 13.3. The molecule has 9 heteroatoms. The van der Waals surface area contributed by atoms with Gasteiger partial charge in [0.2, 0.25) is 0 Å². The summed E-state index contributed by atoms with van der Waals surface area (Å²) in [4.78, 5) is 24.3. The third-order valence-corrected chi connectivity index (χ3v) is 4.04. The number of aryl methyl sites for hydroxylation is 1. The monoisotopic (exact) mass is 390 g/mol. The lowest BCUT2D eigenvalue weighted by molar-refractivity contribution is 0.101. The quantitative estimate of drug-likeness (QED) is 0.699. The van der Waals surface area contributed by atoms with Gasteiger partial charge in [0.15, 0.2) is 0 Å². The van der Waals surface area contributed by atoms with Gasteiger partial charge < -0.3 is 10.1 Å². The highest BCUT2D eigenvalue weighted by Gasteiger charge is 2.18. The van der Waals surface area contributed by atoms with E-state index in [4.69, 9.17) is 16.3 Å². The third-order valence-electron chi connectivity index (χ3n) is 3.75. The number of nitrogens with one attached hydrogen (secondary N) is 2. The van der Waals surface area contributed by atoms with E-state index in [0.29, 0.717) is 22.3 Å². The zero-order valence-corrected chi connectivity index (χ0v) is 15.3. The van der Waals surface area contributed by atoms with Gasteiger partial charge in [-0.25, -0.2) is 9.18 Å². The molecule has 0 saturated carbocycles. The highest BCUT2D eigenvalue weighted by Crippen LogP contribution is 2.24. The molecule has 140 valence electrons. The molecule has 0 aliphatic carbocycles. The molecular weight excluding hydrogens is 375 g/mol. The summed E-state index contributed by atoms with van der Waals surface area (Å²) in [5, 5.41) is 9.98. The second-order valence-electron chi connectivity index (χ2n) is 5.63. The fourth-order valence-corrected chi connectivity index (χ4v) is 2.78. The summed E-state index contributed by atoms with van der Waals surface area (Å²) in [5.74, 6) is -1.02. The lowest BCUT2D eigenvalue weighted by Crippen LogP contribution is -2.16. The molecule has 2 aromatic carbocycles. The van der Waals surface area contributed by atoms with Crippen LogP contribution in [-0.2, 0) is 11.8 Å². The molecule has 0 radical (unpaired) electrons. The van der Waals surface area contributed by atoms with Crippen LogP contribution < -0.4 is 10.6 Å². The van der Waals surface area contributed by atoms with Crippen molar-refractivity contribution in [3.8, 4) is 0 Å². The molecule has 0 aliphatic heterocycles. The van der Waals surface area contributed by atoms with E-state index in [2.05, 4.69) is 15.7 Å². The van der Waals surface area contributed by atoms with E-state index in [1.807, 2.05) is 0 Å². The van der Waals surface area contributed by atoms with E-state index in [0.717, 1.165) is 0 Å². The van der Waals surface area contributed by atoms with Crippen LogP contribution in [0, 0.1) is 5.82 Å². The third kappa shape index (κ3) is 4.01. The minimum Gasteiger partial charge on any atom is -0.450 e. The smallest absolute Gasteiger partial charge is 0.411 e. The van der Waals surface area contributed by atoms with E-state index < -0.39 is 17.8 Å². The number of ether oxygens (including phenoxy) is 1. The van der Waals surface area contributed by atoms with Crippen molar-refractivity contribution in [2.75, 3.05) is 17.2 Å². The predicted octanol–water partition coefficient (Wildman–Crippen LogP) is 4.19. The summed E-state index contributed by atoms with van der Waals surface area (Å²) < 4.78 is 19.6. The van der Waals surface area contributed by atoms with Crippen LogP contribution >= 0.6 is 11.6 Å². The minimum absolute atomic E-state index is 0.0939. The van der Waals surface area contributed by atoms with Gasteiger partial charge >= 0.3 is 6.09 Å². The first-order valence-electron chi connectivity index (χ1n) is 8.06. The van der Waals surface area contributed by atoms with Gasteiger partial charge in [-0.05, 0) is 43.3 Å². The van der Waals surface area contributed by atoms with Crippen LogP contribution in [0.5, 0.6) is 0 Å². The summed E-state index contributed by atoms with van der Waals surface area (Å²) >= 11 is 5.75. The molecular formula is C18H16ClFN4O3. The Morgan fingerprint density at radius 2 is 1.89 bits per heavy atom. The molecule has 1 aromatic heterocycles. The SMILES string of the molecule is CCOC(=O)Nc1ccc2nn(C)c(C(=O)Nc3ccc(F)c(Cl)c3)c2c1. The lowest BCUT2D eigenvalue weighted by Gasteiger charge is -2.08. The van der Waals surface area contributed by atoms with Crippen LogP contribution in [-0.4, -0.2) is 28.4 Å². The summed E-state index contributed by atoms with van der Waals surface area (Å²) in [6, 6.07) is 8.87. The van der Waals surface area contributed by atoms with Crippen molar-refractivity contribution in [1.29, 1.82) is 0 Å². The topological polar surface area (TPSA) is 85.2 Å². The van der Waals surface area contributed by atoms with Crippen LogP contribution in [0.4, 0.5) is 20.6 Å². The number of carbonyl (C=O) groups is 2. The molecule has 0 aliphatic rings. The van der Waals surface area contributed by atoms with Gasteiger partial charge in [-0.2, -0.15) is 5.10 Å². The first-order chi connectivity index (χ1) is 12.9. The first-order valence-corrected chi connectivity index (χ1v) is 8.43. The number of halogens is 2. The summed E-state index contributed by atoms with van der Waals surface area (Å²) in [6.45, 7) is 1.95. The van der Waals surface area contributed by atoms with Gasteiger partial charge in [-0.15, -0.1) is 0 Å². The molecule has 0 fully saturated rings. The number of hydrogen-bond donors (Lipinski definition) is 2. The average molecular weight is 391 g/mol. The Kier molecular flexibility index (Phi) is 5.27. The Hall–Kier alpha value is -3.13. The molecule has 0 saturated heterocycles. The Labute approximate surface area is 159 Å². The minimum atomic E-state index is -0.590. The van der Waals surface area contributed by atoms with Crippen molar-refractivity contribution in [1.82, 2.24) is 9.78 Å². The number of hydrogen-bond acceptors (Lipinski definition) is 4. The Morgan fingerprint density at radius 3 is 2.59 bits per heavy atom. The maximum Gasteiger partial charge on any atom is 0.411 e. The van der Waals surface area contributed by atoms with Crippen LogP contribution in [0.2, 0.25) is 5.02 Å². The van der Waals surface area contributed by atoms with E-state index >= 15 is 0 Å². The first kappa shape index (κ1) is 18.7. The number of aromatic nitrogens is 2. The maximum absolute atomic E-state index is 13.3. The highest BCUT2D eigenvalue weighted by molar-refractivity contribution is 6.31. The average Bonchev–Trinajstić information content (AvgIpc) is 2.93. The fraction of sp³-hybridized carbons (Fsp3) is 0.167. The molecule has 7 nitrogen and oxygen atoms in total. The molecule has 0 atom stereocenters. The fourth-order valence-electron chi connectivity index (χ4n) is 2.60. The van der Waals surface area contributed by atoms with Crippen molar-refractivity contribution < 1.29 is 18.7 Å². The second-order valence-corrected chi connectivity index (χ2v) is 6.04. The zero-order valence-electron chi connectivity index (χ0n) is 14.5. The predicted molar refractivity (Wildman–Crippen MR) is 101 cm³/mol. The van der Waals surface area contributed by atoms with Gasteiger partial charge in [0, 0.05) is 23.8 Å². The molecule has 3 rings (SSSR count). The van der Waals surface area contributed by atoms with Gasteiger partial charge in [0.05, 0.1) is 17.1 Å². The van der Waals surface area contributed by atoms with Crippen LogP contribution in [0.25, 0.3) is 10.9 Å². The number of anilines is 2. The van der Waals surface area contributed by atoms with Crippen molar-refractivity contribution in [3.63, 3.8) is 0 Å². The van der Waals surface area contributed by atoms with E-state index in [-0.39, 0.29) is 17.3 Å². The molecule has 0 unspecified atom stereocenters. The number of rotatable bonds is 4. The summed E-state index contributed by atoms with van der Waals surface area (Å²) in [6.07, 6.45) is -0.590. The number of amides is 2. The Balaban J connectivity index is 1.92. The molecule has 0 bridgehead atoms. The van der Waals surface area contributed by atoms with E-state index in [1.165, 1.54) is 22.9 Å². The zero-order chi connectivity index (χ0) is 19.6. The lowest BCUT2D eigenvalue weighted by atomic mass is 10.1. The van der Waals surface area contributed by atoms with Gasteiger partial charge in [0.1, 0.15) is 11.5 Å².